The molecule has 1 saturated heterocycles. The number of rotatable bonds is 5. The first kappa shape index (κ1) is 18.2. The third-order valence-corrected chi connectivity index (χ3v) is 4.97. The summed E-state index contributed by atoms with van der Waals surface area (Å²) in [5.41, 5.74) is 1.50. The maximum atomic E-state index is 12.8. The van der Waals surface area contributed by atoms with Crippen LogP contribution in [-0.2, 0) is 4.79 Å². The Hall–Kier alpha value is -2.64. The summed E-state index contributed by atoms with van der Waals surface area (Å²) < 4.78 is 5.99. The minimum absolute atomic E-state index is 0.153. The Kier molecular flexibility index (Phi) is 5.39. The van der Waals surface area contributed by atoms with E-state index >= 15 is 0 Å². The SMILES string of the molecule is CCOc1ccccc1/C=C1\SC(=S)N(c2ccc(C(=O)O)cc2)C1=O. The fraction of sp³-hybridized carbons (Fsp3) is 0.105. The number of thioether (sulfide) groups is 1. The molecule has 2 aromatic rings. The quantitative estimate of drug-likeness (QED) is 0.615. The van der Waals surface area contributed by atoms with E-state index in [9.17, 15) is 9.59 Å². The Morgan fingerprint density at radius 2 is 1.92 bits per heavy atom. The highest BCUT2D eigenvalue weighted by Crippen LogP contribution is 2.37. The van der Waals surface area contributed by atoms with Gasteiger partial charge >= 0.3 is 5.97 Å². The van der Waals surface area contributed by atoms with E-state index in [0.717, 1.165) is 5.56 Å². The largest absolute Gasteiger partial charge is 0.493 e. The molecule has 0 aromatic heterocycles. The lowest BCUT2D eigenvalue weighted by Gasteiger charge is -2.14. The first-order chi connectivity index (χ1) is 12.5. The summed E-state index contributed by atoms with van der Waals surface area (Å²) in [7, 11) is 0. The standard InChI is InChI=1S/C19H15NO4S2/c1-2-24-15-6-4-3-5-13(15)11-16-17(21)20(19(25)26-16)14-9-7-12(8-10-14)18(22)23/h3-11H,2H2,1H3,(H,22,23)/b16-11-. The smallest absolute Gasteiger partial charge is 0.335 e. The number of amides is 1. The summed E-state index contributed by atoms with van der Waals surface area (Å²) in [5.74, 6) is -0.560. The van der Waals surface area contributed by atoms with E-state index in [1.807, 2.05) is 31.2 Å². The maximum Gasteiger partial charge on any atom is 0.335 e. The number of carbonyl (C=O) groups is 2. The summed E-state index contributed by atoms with van der Waals surface area (Å²) in [6.45, 7) is 2.43. The van der Waals surface area contributed by atoms with Gasteiger partial charge < -0.3 is 9.84 Å². The van der Waals surface area contributed by atoms with E-state index in [1.54, 1.807) is 18.2 Å². The Morgan fingerprint density at radius 1 is 1.23 bits per heavy atom. The van der Waals surface area contributed by atoms with Gasteiger partial charge in [-0.2, -0.15) is 0 Å². The Morgan fingerprint density at radius 3 is 2.58 bits per heavy atom. The third kappa shape index (κ3) is 3.63. The van der Waals surface area contributed by atoms with Crippen molar-refractivity contribution in [3.63, 3.8) is 0 Å². The first-order valence-corrected chi connectivity index (χ1v) is 9.07. The second kappa shape index (κ2) is 7.72. The van der Waals surface area contributed by atoms with E-state index in [2.05, 4.69) is 0 Å². The van der Waals surface area contributed by atoms with Crippen LogP contribution in [0, 0.1) is 0 Å². The van der Waals surface area contributed by atoms with Crippen LogP contribution in [0.3, 0.4) is 0 Å². The molecule has 0 spiro atoms. The molecule has 132 valence electrons. The van der Waals surface area contributed by atoms with Gasteiger partial charge in [0.2, 0.25) is 0 Å². The van der Waals surface area contributed by atoms with Crippen molar-refractivity contribution in [1.29, 1.82) is 0 Å². The molecule has 0 bridgehead atoms. The lowest BCUT2D eigenvalue weighted by atomic mass is 10.1. The fourth-order valence-corrected chi connectivity index (χ4v) is 3.76. The van der Waals surface area contributed by atoms with Crippen LogP contribution in [0.4, 0.5) is 5.69 Å². The molecule has 1 aliphatic heterocycles. The minimum Gasteiger partial charge on any atom is -0.493 e. The molecular weight excluding hydrogens is 370 g/mol. The molecule has 3 rings (SSSR count). The zero-order valence-corrected chi connectivity index (χ0v) is 15.5. The number of carboxylic acids is 1. The molecule has 7 heteroatoms. The van der Waals surface area contributed by atoms with E-state index in [0.29, 0.717) is 27.3 Å². The number of nitrogens with zero attached hydrogens (tertiary/aromatic N) is 1. The molecule has 2 aromatic carbocycles. The third-order valence-electron chi connectivity index (χ3n) is 3.67. The summed E-state index contributed by atoms with van der Waals surface area (Å²) in [6.07, 6.45) is 1.76. The number of ether oxygens (including phenoxy) is 1. The van der Waals surface area contributed by atoms with Gasteiger partial charge in [-0.25, -0.2) is 4.79 Å². The molecular formula is C19H15NO4S2. The van der Waals surface area contributed by atoms with Crippen molar-refractivity contribution in [1.82, 2.24) is 0 Å². The number of hydrogen-bond donors (Lipinski definition) is 1. The molecule has 1 amide bonds. The number of benzene rings is 2. The number of para-hydroxylation sites is 1. The first-order valence-electron chi connectivity index (χ1n) is 7.84. The minimum atomic E-state index is -1.02. The molecule has 1 aliphatic rings. The Balaban J connectivity index is 1.91. The lowest BCUT2D eigenvalue weighted by Crippen LogP contribution is -2.27. The number of hydrogen-bond acceptors (Lipinski definition) is 5. The van der Waals surface area contributed by atoms with Crippen molar-refractivity contribution >= 4 is 51.9 Å². The normalized spacial score (nSPS) is 15.6. The molecule has 1 fully saturated rings. The summed E-state index contributed by atoms with van der Waals surface area (Å²) in [4.78, 5) is 25.7. The van der Waals surface area contributed by atoms with Crippen LogP contribution < -0.4 is 9.64 Å². The number of thiocarbonyl (C=S) groups is 1. The molecule has 26 heavy (non-hydrogen) atoms. The van der Waals surface area contributed by atoms with E-state index in [-0.39, 0.29) is 11.5 Å². The summed E-state index contributed by atoms with van der Waals surface area (Å²) in [5, 5.41) is 8.99. The Bertz CT molecular complexity index is 906. The average Bonchev–Trinajstić information content (AvgIpc) is 2.90. The van der Waals surface area contributed by atoms with Crippen LogP contribution in [0.25, 0.3) is 6.08 Å². The van der Waals surface area contributed by atoms with E-state index in [1.165, 1.54) is 28.8 Å². The van der Waals surface area contributed by atoms with Gasteiger partial charge in [0.15, 0.2) is 4.32 Å². The highest BCUT2D eigenvalue weighted by molar-refractivity contribution is 8.27. The second-order valence-corrected chi connectivity index (χ2v) is 7.02. The maximum absolute atomic E-state index is 12.8. The molecule has 1 N–H and O–H groups in total. The molecule has 0 unspecified atom stereocenters. The van der Waals surface area contributed by atoms with Gasteiger partial charge in [0.1, 0.15) is 5.75 Å². The average molecular weight is 385 g/mol. The predicted molar refractivity (Wildman–Crippen MR) is 107 cm³/mol. The highest BCUT2D eigenvalue weighted by atomic mass is 32.2. The van der Waals surface area contributed by atoms with Crippen molar-refractivity contribution in [3.05, 3.63) is 64.6 Å². The van der Waals surface area contributed by atoms with Gasteiger partial charge in [-0.1, -0.05) is 42.2 Å². The zero-order chi connectivity index (χ0) is 18.7. The van der Waals surface area contributed by atoms with Gasteiger partial charge in [0.25, 0.3) is 5.91 Å². The van der Waals surface area contributed by atoms with Gasteiger partial charge in [0, 0.05) is 5.56 Å². The summed E-state index contributed by atoms with van der Waals surface area (Å²) in [6, 6.07) is 13.5. The molecule has 0 saturated carbocycles. The van der Waals surface area contributed by atoms with Crippen molar-refractivity contribution in [2.75, 3.05) is 11.5 Å². The van der Waals surface area contributed by atoms with Crippen molar-refractivity contribution in [3.8, 4) is 5.75 Å². The van der Waals surface area contributed by atoms with Gasteiger partial charge in [-0.05, 0) is 43.3 Å². The molecule has 1 heterocycles. The monoisotopic (exact) mass is 385 g/mol. The van der Waals surface area contributed by atoms with Crippen molar-refractivity contribution < 1.29 is 19.4 Å². The van der Waals surface area contributed by atoms with E-state index < -0.39 is 5.97 Å². The van der Waals surface area contributed by atoms with Gasteiger partial charge in [-0.15, -0.1) is 0 Å². The summed E-state index contributed by atoms with van der Waals surface area (Å²) >= 11 is 6.55. The van der Waals surface area contributed by atoms with Crippen LogP contribution in [0.2, 0.25) is 0 Å². The number of anilines is 1. The van der Waals surface area contributed by atoms with Gasteiger partial charge in [0.05, 0.1) is 22.8 Å². The molecule has 5 nitrogen and oxygen atoms in total. The highest BCUT2D eigenvalue weighted by Gasteiger charge is 2.33. The van der Waals surface area contributed by atoms with Crippen LogP contribution in [0.15, 0.2) is 53.4 Å². The van der Waals surface area contributed by atoms with Crippen LogP contribution >= 0.6 is 24.0 Å². The van der Waals surface area contributed by atoms with E-state index in [4.69, 9.17) is 22.1 Å². The van der Waals surface area contributed by atoms with Crippen molar-refractivity contribution in [2.45, 2.75) is 6.92 Å². The van der Waals surface area contributed by atoms with Crippen molar-refractivity contribution in [2.24, 2.45) is 0 Å². The topological polar surface area (TPSA) is 66.8 Å². The Labute approximate surface area is 160 Å². The number of aromatic carboxylic acids is 1. The molecule has 0 aliphatic carbocycles. The zero-order valence-electron chi connectivity index (χ0n) is 13.8. The lowest BCUT2D eigenvalue weighted by molar-refractivity contribution is -0.113. The fourth-order valence-electron chi connectivity index (χ4n) is 2.47. The number of carboxylic acid groups (broad SMARTS) is 1. The number of carbonyl (C=O) groups excluding carboxylic acids is 1. The van der Waals surface area contributed by atoms with Crippen LogP contribution in [0.5, 0.6) is 5.75 Å². The molecule has 0 atom stereocenters. The molecule has 0 radical (unpaired) electrons. The van der Waals surface area contributed by atoms with Crippen LogP contribution in [0.1, 0.15) is 22.8 Å². The van der Waals surface area contributed by atoms with Crippen LogP contribution in [-0.4, -0.2) is 27.9 Å². The van der Waals surface area contributed by atoms with Gasteiger partial charge in [-0.3, -0.25) is 9.69 Å². The predicted octanol–water partition coefficient (Wildman–Crippen LogP) is 4.19. The second-order valence-electron chi connectivity index (χ2n) is 5.34.